The molecular formula is C21H44O. The van der Waals surface area contributed by atoms with Crippen molar-refractivity contribution < 1.29 is 5.11 Å². The molecule has 134 valence electrons. The van der Waals surface area contributed by atoms with E-state index in [4.69, 9.17) is 0 Å². The first-order valence-electron chi connectivity index (χ1n) is 10.5. The highest BCUT2D eigenvalue weighted by atomic mass is 16.3. The Bertz CT molecular complexity index is 188. The van der Waals surface area contributed by atoms with E-state index in [1.54, 1.807) is 0 Å². The van der Waals surface area contributed by atoms with Crippen molar-refractivity contribution in [2.45, 2.75) is 136 Å². The molecule has 0 aliphatic heterocycles. The minimum atomic E-state index is -0.101. The summed E-state index contributed by atoms with van der Waals surface area (Å²) in [4.78, 5) is 0. The zero-order valence-electron chi connectivity index (χ0n) is 15.8. The molecule has 1 nitrogen and oxygen atoms in total. The Hall–Kier alpha value is -0.0400. The van der Waals surface area contributed by atoms with Crippen molar-refractivity contribution in [3.63, 3.8) is 0 Å². The summed E-state index contributed by atoms with van der Waals surface area (Å²) >= 11 is 0. The number of hydrogen-bond acceptors (Lipinski definition) is 1. The normalized spacial score (nSPS) is 12.7. The monoisotopic (exact) mass is 312 g/mol. The van der Waals surface area contributed by atoms with Crippen molar-refractivity contribution in [1.29, 1.82) is 0 Å². The molecular weight excluding hydrogens is 268 g/mol. The van der Waals surface area contributed by atoms with Gasteiger partial charge < -0.3 is 5.11 Å². The van der Waals surface area contributed by atoms with E-state index in [1.807, 2.05) is 6.92 Å². The van der Waals surface area contributed by atoms with Gasteiger partial charge in [-0.1, -0.05) is 116 Å². The molecule has 0 aromatic heterocycles. The van der Waals surface area contributed by atoms with E-state index in [9.17, 15) is 5.11 Å². The minimum absolute atomic E-state index is 0.101. The highest BCUT2D eigenvalue weighted by molar-refractivity contribution is 4.51. The maximum atomic E-state index is 9.18. The predicted molar refractivity (Wildman–Crippen MR) is 100 cm³/mol. The third-order valence-corrected chi connectivity index (χ3v) is 4.73. The summed E-state index contributed by atoms with van der Waals surface area (Å²) in [5, 5.41) is 9.18. The minimum Gasteiger partial charge on any atom is -0.393 e. The van der Waals surface area contributed by atoms with Crippen LogP contribution < -0.4 is 0 Å². The highest BCUT2D eigenvalue weighted by Gasteiger charge is 1.96. The van der Waals surface area contributed by atoms with Crippen LogP contribution in [0.3, 0.4) is 0 Å². The fraction of sp³-hybridized carbons (Fsp3) is 1.00. The molecule has 1 atom stereocenters. The Labute approximate surface area is 141 Å². The molecule has 0 aliphatic carbocycles. The van der Waals surface area contributed by atoms with Gasteiger partial charge in [-0.15, -0.1) is 0 Å². The topological polar surface area (TPSA) is 20.2 Å². The molecule has 0 radical (unpaired) electrons. The Kier molecular flexibility index (Phi) is 19.0. The van der Waals surface area contributed by atoms with Gasteiger partial charge >= 0.3 is 0 Å². The Balaban J connectivity index is 2.94. The van der Waals surface area contributed by atoms with Crippen molar-refractivity contribution in [1.82, 2.24) is 0 Å². The van der Waals surface area contributed by atoms with Crippen LogP contribution in [0.5, 0.6) is 0 Å². The molecule has 0 saturated carbocycles. The molecule has 1 heteroatoms. The van der Waals surface area contributed by atoms with E-state index in [0.717, 1.165) is 6.42 Å². The standard InChI is InChI=1S/C21H44O/c1-3-4-5-6-7-8-9-10-11-12-13-14-15-16-17-18-19-20-21(2)22/h21-22H,3-20H2,1-2H3/t21-/m0/s1. The molecule has 0 spiro atoms. The lowest BCUT2D eigenvalue weighted by Crippen LogP contribution is -1.98. The van der Waals surface area contributed by atoms with E-state index in [2.05, 4.69) is 6.92 Å². The van der Waals surface area contributed by atoms with Crippen LogP contribution in [0.1, 0.15) is 129 Å². The lowest BCUT2D eigenvalue weighted by Gasteiger charge is -2.04. The molecule has 0 bridgehead atoms. The second kappa shape index (κ2) is 19.0. The van der Waals surface area contributed by atoms with Gasteiger partial charge in [0.15, 0.2) is 0 Å². The van der Waals surface area contributed by atoms with E-state index < -0.39 is 0 Å². The molecule has 0 heterocycles. The zero-order chi connectivity index (χ0) is 16.3. The number of hydrogen-bond donors (Lipinski definition) is 1. The summed E-state index contributed by atoms with van der Waals surface area (Å²) in [5.74, 6) is 0. The molecule has 0 saturated heterocycles. The quantitative estimate of drug-likeness (QED) is 0.261. The molecule has 1 N–H and O–H groups in total. The van der Waals surface area contributed by atoms with Crippen LogP contribution >= 0.6 is 0 Å². The summed E-state index contributed by atoms with van der Waals surface area (Å²) in [6.07, 6.45) is 25.0. The lowest BCUT2D eigenvalue weighted by molar-refractivity contribution is 0.180. The number of unbranched alkanes of at least 4 members (excludes halogenated alkanes) is 16. The van der Waals surface area contributed by atoms with Crippen molar-refractivity contribution in [3.05, 3.63) is 0 Å². The molecule has 0 aliphatic rings. The van der Waals surface area contributed by atoms with Gasteiger partial charge in [-0.05, 0) is 13.3 Å². The molecule has 0 fully saturated rings. The molecule has 0 aromatic carbocycles. The van der Waals surface area contributed by atoms with Gasteiger partial charge in [-0.3, -0.25) is 0 Å². The smallest absolute Gasteiger partial charge is 0.0512 e. The van der Waals surface area contributed by atoms with Crippen LogP contribution in [0, 0.1) is 0 Å². The van der Waals surface area contributed by atoms with Crippen LogP contribution in [-0.2, 0) is 0 Å². The maximum absolute atomic E-state index is 9.18. The van der Waals surface area contributed by atoms with Gasteiger partial charge in [0.1, 0.15) is 0 Å². The zero-order valence-corrected chi connectivity index (χ0v) is 15.8. The third-order valence-electron chi connectivity index (χ3n) is 4.73. The summed E-state index contributed by atoms with van der Waals surface area (Å²) < 4.78 is 0. The highest BCUT2D eigenvalue weighted by Crippen LogP contribution is 2.14. The molecule has 0 unspecified atom stereocenters. The first-order chi connectivity index (χ1) is 10.8. The maximum Gasteiger partial charge on any atom is 0.0512 e. The predicted octanol–water partition coefficient (Wildman–Crippen LogP) is 7.41. The van der Waals surface area contributed by atoms with E-state index >= 15 is 0 Å². The fourth-order valence-electron chi connectivity index (χ4n) is 3.16. The summed E-state index contributed by atoms with van der Waals surface area (Å²) in [6, 6.07) is 0. The SMILES string of the molecule is CCCCCCCCCCCCCCCCCCC[C@H](C)O. The van der Waals surface area contributed by atoms with Crippen molar-refractivity contribution in [2.75, 3.05) is 0 Å². The van der Waals surface area contributed by atoms with Crippen molar-refractivity contribution in [3.8, 4) is 0 Å². The lowest BCUT2D eigenvalue weighted by atomic mass is 10.0. The molecule has 0 rings (SSSR count). The Morgan fingerprint density at radius 2 is 0.773 bits per heavy atom. The Morgan fingerprint density at radius 1 is 0.500 bits per heavy atom. The van der Waals surface area contributed by atoms with Gasteiger partial charge in [0.25, 0.3) is 0 Å². The van der Waals surface area contributed by atoms with Gasteiger partial charge in [-0.25, -0.2) is 0 Å². The van der Waals surface area contributed by atoms with E-state index in [0.29, 0.717) is 0 Å². The summed E-state index contributed by atoms with van der Waals surface area (Å²) in [7, 11) is 0. The summed E-state index contributed by atoms with van der Waals surface area (Å²) in [5.41, 5.74) is 0. The average molecular weight is 313 g/mol. The van der Waals surface area contributed by atoms with Crippen LogP contribution in [0.15, 0.2) is 0 Å². The van der Waals surface area contributed by atoms with Crippen molar-refractivity contribution in [2.24, 2.45) is 0 Å². The first-order valence-corrected chi connectivity index (χ1v) is 10.5. The molecule has 0 amide bonds. The summed E-state index contributed by atoms with van der Waals surface area (Å²) in [6.45, 7) is 4.18. The third kappa shape index (κ3) is 20.0. The average Bonchev–Trinajstić information content (AvgIpc) is 2.50. The first kappa shape index (κ1) is 22.0. The largest absolute Gasteiger partial charge is 0.393 e. The number of aliphatic hydroxyl groups excluding tert-OH is 1. The molecule has 0 aromatic rings. The van der Waals surface area contributed by atoms with Gasteiger partial charge in [-0.2, -0.15) is 0 Å². The second-order valence-electron chi connectivity index (χ2n) is 7.29. The van der Waals surface area contributed by atoms with Crippen LogP contribution in [0.25, 0.3) is 0 Å². The Morgan fingerprint density at radius 3 is 1.05 bits per heavy atom. The van der Waals surface area contributed by atoms with Crippen LogP contribution in [0.4, 0.5) is 0 Å². The molecule has 22 heavy (non-hydrogen) atoms. The van der Waals surface area contributed by atoms with Crippen LogP contribution in [-0.4, -0.2) is 11.2 Å². The fourth-order valence-corrected chi connectivity index (χ4v) is 3.16. The van der Waals surface area contributed by atoms with Gasteiger partial charge in [0.05, 0.1) is 6.10 Å². The van der Waals surface area contributed by atoms with Gasteiger partial charge in [0.2, 0.25) is 0 Å². The van der Waals surface area contributed by atoms with Crippen LogP contribution in [0.2, 0.25) is 0 Å². The number of aliphatic hydroxyl groups is 1. The number of rotatable bonds is 18. The van der Waals surface area contributed by atoms with E-state index in [1.165, 1.54) is 109 Å². The second-order valence-corrected chi connectivity index (χ2v) is 7.29. The van der Waals surface area contributed by atoms with Gasteiger partial charge in [0, 0.05) is 0 Å². The van der Waals surface area contributed by atoms with Crippen molar-refractivity contribution >= 4 is 0 Å². The van der Waals surface area contributed by atoms with E-state index in [-0.39, 0.29) is 6.10 Å².